The second-order valence-electron chi connectivity index (χ2n) is 7.22. The average molecular weight is 379 g/mol. The summed E-state index contributed by atoms with van der Waals surface area (Å²) in [7, 11) is 1.84. The molecule has 0 bridgehead atoms. The van der Waals surface area contributed by atoms with Crippen molar-refractivity contribution in [2.75, 3.05) is 30.4 Å². The van der Waals surface area contributed by atoms with Crippen LogP contribution in [-0.2, 0) is 0 Å². The third kappa shape index (κ3) is 3.28. The van der Waals surface area contributed by atoms with Crippen molar-refractivity contribution in [3.05, 3.63) is 47.5 Å². The van der Waals surface area contributed by atoms with Crippen LogP contribution in [-0.4, -0.2) is 42.1 Å². The molecule has 1 fully saturated rings. The zero-order valence-electron chi connectivity index (χ0n) is 16.5. The van der Waals surface area contributed by atoms with E-state index in [1.165, 1.54) is 0 Å². The van der Waals surface area contributed by atoms with Gasteiger partial charge in [-0.3, -0.25) is 4.79 Å². The van der Waals surface area contributed by atoms with Crippen LogP contribution in [0.2, 0.25) is 0 Å². The molecule has 3 aromatic rings. The highest BCUT2D eigenvalue weighted by Gasteiger charge is 2.27. The summed E-state index contributed by atoms with van der Waals surface area (Å²) in [6.07, 6.45) is 3.65. The first-order chi connectivity index (χ1) is 13.6. The monoisotopic (exact) mass is 379 g/mol. The van der Waals surface area contributed by atoms with Gasteiger partial charge < -0.3 is 20.0 Å². The molecular weight excluding hydrogens is 354 g/mol. The number of fused-ring (bicyclic) bond motifs is 1. The van der Waals surface area contributed by atoms with E-state index < -0.39 is 0 Å². The van der Waals surface area contributed by atoms with Gasteiger partial charge in [-0.2, -0.15) is 0 Å². The standard InChI is InChI=1S/C21H25N5O2/c1-13-6-4-8-16-14(2)20(28-19(13)16)21(27)23-11-15-7-5-9-26(15)18-10-17(22-3)24-12-25-18/h4,6,8,10,12,15H,5,7,9,11H2,1-3H3,(H,23,27)(H,22,24,25)/t15-/m0/s1. The third-order valence-corrected chi connectivity index (χ3v) is 5.45. The lowest BCUT2D eigenvalue weighted by Crippen LogP contribution is -2.40. The zero-order chi connectivity index (χ0) is 19.7. The van der Waals surface area contributed by atoms with E-state index in [4.69, 9.17) is 4.42 Å². The largest absolute Gasteiger partial charge is 0.450 e. The lowest BCUT2D eigenvalue weighted by molar-refractivity contribution is 0.0925. The molecule has 3 heterocycles. The predicted octanol–water partition coefficient (Wildman–Crippen LogP) is 3.28. The summed E-state index contributed by atoms with van der Waals surface area (Å²) in [5, 5.41) is 7.09. The number of nitrogens with zero attached hydrogens (tertiary/aromatic N) is 3. The second-order valence-corrected chi connectivity index (χ2v) is 7.22. The van der Waals surface area contributed by atoms with Crippen molar-refractivity contribution in [1.82, 2.24) is 15.3 Å². The molecule has 7 nitrogen and oxygen atoms in total. The molecule has 0 unspecified atom stereocenters. The van der Waals surface area contributed by atoms with E-state index in [2.05, 4.69) is 25.5 Å². The van der Waals surface area contributed by atoms with E-state index >= 15 is 0 Å². The summed E-state index contributed by atoms with van der Waals surface area (Å²) in [6.45, 7) is 5.39. The molecule has 0 radical (unpaired) electrons. The number of nitrogens with one attached hydrogen (secondary N) is 2. The van der Waals surface area contributed by atoms with Crippen molar-refractivity contribution < 1.29 is 9.21 Å². The molecule has 2 aromatic heterocycles. The van der Waals surface area contributed by atoms with E-state index in [1.807, 2.05) is 45.2 Å². The number of benzene rings is 1. The number of hydrogen-bond donors (Lipinski definition) is 2. The van der Waals surface area contributed by atoms with Crippen molar-refractivity contribution in [1.29, 1.82) is 0 Å². The average Bonchev–Trinajstić information content (AvgIpc) is 3.32. The fourth-order valence-electron chi connectivity index (χ4n) is 3.88. The number of para-hydroxylation sites is 1. The van der Waals surface area contributed by atoms with Crippen LogP contribution in [0.25, 0.3) is 11.0 Å². The molecule has 1 saturated heterocycles. The summed E-state index contributed by atoms with van der Waals surface area (Å²) >= 11 is 0. The van der Waals surface area contributed by atoms with Crippen molar-refractivity contribution in [3.63, 3.8) is 0 Å². The van der Waals surface area contributed by atoms with Gasteiger partial charge in [-0.25, -0.2) is 9.97 Å². The van der Waals surface area contributed by atoms with Gasteiger partial charge in [0.1, 0.15) is 23.5 Å². The zero-order valence-corrected chi connectivity index (χ0v) is 16.5. The Morgan fingerprint density at radius 2 is 2.18 bits per heavy atom. The van der Waals surface area contributed by atoms with E-state index in [0.717, 1.165) is 53.1 Å². The van der Waals surface area contributed by atoms with Crippen molar-refractivity contribution in [2.24, 2.45) is 0 Å². The molecule has 1 aliphatic heterocycles. The number of anilines is 2. The van der Waals surface area contributed by atoms with Crippen LogP contribution >= 0.6 is 0 Å². The van der Waals surface area contributed by atoms with Crippen molar-refractivity contribution >= 4 is 28.5 Å². The second kappa shape index (κ2) is 7.50. The number of rotatable bonds is 5. The van der Waals surface area contributed by atoms with E-state index in [1.54, 1.807) is 6.33 Å². The maximum Gasteiger partial charge on any atom is 0.287 e. The Morgan fingerprint density at radius 1 is 1.32 bits per heavy atom. The van der Waals surface area contributed by atoms with Crippen LogP contribution < -0.4 is 15.5 Å². The molecule has 1 atom stereocenters. The molecule has 0 saturated carbocycles. The number of furan rings is 1. The Labute approximate surface area is 164 Å². The highest BCUT2D eigenvalue weighted by molar-refractivity contribution is 5.99. The quantitative estimate of drug-likeness (QED) is 0.708. The van der Waals surface area contributed by atoms with Crippen molar-refractivity contribution in [2.45, 2.75) is 32.7 Å². The Kier molecular flexibility index (Phi) is 4.90. The van der Waals surface area contributed by atoms with Gasteiger partial charge in [0.2, 0.25) is 0 Å². The molecule has 0 spiro atoms. The van der Waals surface area contributed by atoms with Gasteiger partial charge in [-0.1, -0.05) is 18.2 Å². The molecule has 7 heteroatoms. The minimum absolute atomic E-state index is 0.168. The molecule has 0 aliphatic carbocycles. The highest BCUT2D eigenvalue weighted by atomic mass is 16.3. The third-order valence-electron chi connectivity index (χ3n) is 5.45. The summed E-state index contributed by atoms with van der Waals surface area (Å²) in [6, 6.07) is 8.11. The maximum atomic E-state index is 12.8. The molecule has 2 N–H and O–H groups in total. The molecule has 1 amide bonds. The predicted molar refractivity (Wildman–Crippen MR) is 110 cm³/mol. The van der Waals surface area contributed by atoms with Crippen molar-refractivity contribution in [3.8, 4) is 0 Å². The molecule has 28 heavy (non-hydrogen) atoms. The Balaban J connectivity index is 1.48. The Bertz CT molecular complexity index is 1010. The lowest BCUT2D eigenvalue weighted by atomic mass is 10.1. The first-order valence-corrected chi connectivity index (χ1v) is 9.62. The minimum atomic E-state index is -0.168. The molecular formula is C21H25N5O2. The van der Waals surface area contributed by atoms with E-state index in [0.29, 0.717) is 12.3 Å². The Morgan fingerprint density at radius 3 is 2.96 bits per heavy atom. The van der Waals surface area contributed by atoms with Crippen LogP contribution in [0.4, 0.5) is 11.6 Å². The summed E-state index contributed by atoms with van der Waals surface area (Å²) in [5.41, 5.74) is 2.70. The number of hydrogen-bond acceptors (Lipinski definition) is 6. The smallest absolute Gasteiger partial charge is 0.287 e. The van der Waals surface area contributed by atoms with Gasteiger partial charge >= 0.3 is 0 Å². The first-order valence-electron chi connectivity index (χ1n) is 9.62. The van der Waals surface area contributed by atoms with Crippen LogP contribution in [0.15, 0.2) is 35.0 Å². The summed E-state index contributed by atoms with van der Waals surface area (Å²) in [5.74, 6) is 1.89. The van der Waals surface area contributed by atoms with Gasteiger partial charge in [0.25, 0.3) is 5.91 Å². The molecule has 4 rings (SSSR count). The number of amides is 1. The minimum Gasteiger partial charge on any atom is -0.450 e. The number of aryl methyl sites for hydroxylation is 2. The lowest BCUT2D eigenvalue weighted by Gasteiger charge is -2.26. The highest BCUT2D eigenvalue weighted by Crippen LogP contribution is 2.28. The number of carbonyl (C=O) groups excluding carboxylic acids is 1. The molecule has 1 aliphatic rings. The normalized spacial score (nSPS) is 16.5. The van der Waals surface area contributed by atoms with Gasteiger partial charge in [0, 0.05) is 43.2 Å². The van der Waals surface area contributed by atoms with Crippen LogP contribution in [0, 0.1) is 13.8 Å². The number of aromatic nitrogens is 2. The van der Waals surface area contributed by atoms with Crippen LogP contribution in [0.3, 0.4) is 0 Å². The van der Waals surface area contributed by atoms with E-state index in [9.17, 15) is 4.79 Å². The molecule has 1 aromatic carbocycles. The van der Waals surface area contributed by atoms with Gasteiger partial charge in [-0.15, -0.1) is 0 Å². The summed E-state index contributed by atoms with van der Waals surface area (Å²) < 4.78 is 5.89. The molecule has 146 valence electrons. The maximum absolute atomic E-state index is 12.8. The van der Waals surface area contributed by atoms with Gasteiger partial charge in [0.05, 0.1) is 0 Å². The topological polar surface area (TPSA) is 83.3 Å². The van der Waals surface area contributed by atoms with Gasteiger partial charge in [-0.05, 0) is 32.3 Å². The van der Waals surface area contributed by atoms with Crippen LogP contribution in [0.1, 0.15) is 34.5 Å². The number of carbonyl (C=O) groups is 1. The fraction of sp³-hybridized carbons (Fsp3) is 0.381. The fourth-order valence-corrected chi connectivity index (χ4v) is 3.88. The first kappa shape index (κ1) is 18.3. The van der Waals surface area contributed by atoms with Gasteiger partial charge in [0.15, 0.2) is 5.76 Å². The Hall–Kier alpha value is -3.09. The van der Waals surface area contributed by atoms with Crippen LogP contribution in [0.5, 0.6) is 0 Å². The van der Waals surface area contributed by atoms with E-state index in [-0.39, 0.29) is 11.9 Å². The summed E-state index contributed by atoms with van der Waals surface area (Å²) in [4.78, 5) is 23.6. The SMILES string of the molecule is CNc1cc(N2CCC[C@H]2CNC(=O)c2oc3c(C)cccc3c2C)ncn1.